The van der Waals surface area contributed by atoms with Gasteiger partial charge in [-0.15, -0.1) is 0 Å². The fourth-order valence-electron chi connectivity index (χ4n) is 5.77. The zero-order valence-corrected chi connectivity index (χ0v) is 15.6. The molecular formula is C22H30O2. The second kappa shape index (κ2) is 4.95. The van der Waals surface area contributed by atoms with Crippen LogP contribution in [0.3, 0.4) is 0 Å². The third-order valence-corrected chi connectivity index (χ3v) is 7.27. The van der Waals surface area contributed by atoms with Gasteiger partial charge in [-0.05, 0) is 55.1 Å². The molecule has 0 amide bonds. The molecule has 1 aromatic carbocycles. The molecular weight excluding hydrogens is 296 g/mol. The monoisotopic (exact) mass is 326 g/mol. The van der Waals surface area contributed by atoms with Gasteiger partial charge in [0, 0.05) is 5.41 Å². The van der Waals surface area contributed by atoms with Gasteiger partial charge in [-0.1, -0.05) is 57.7 Å². The molecule has 1 heterocycles. The maximum absolute atomic E-state index is 6.53. The van der Waals surface area contributed by atoms with Crippen LogP contribution in [0.2, 0.25) is 0 Å². The Morgan fingerprint density at radius 3 is 2.29 bits per heavy atom. The van der Waals surface area contributed by atoms with Gasteiger partial charge in [0.1, 0.15) is 0 Å². The van der Waals surface area contributed by atoms with Crippen molar-refractivity contribution in [2.24, 2.45) is 22.7 Å². The molecule has 0 radical (unpaired) electrons. The fraction of sp³-hybridized carbons (Fsp3) is 0.636. The first-order valence-electron chi connectivity index (χ1n) is 9.26. The Morgan fingerprint density at radius 1 is 1.00 bits per heavy atom. The summed E-state index contributed by atoms with van der Waals surface area (Å²) in [4.78, 5) is 0. The molecule has 3 saturated carbocycles. The summed E-state index contributed by atoms with van der Waals surface area (Å²) < 4.78 is 13.0. The van der Waals surface area contributed by atoms with Crippen molar-refractivity contribution in [2.45, 2.75) is 65.5 Å². The molecule has 1 aliphatic heterocycles. The number of hydrogen-bond acceptors (Lipinski definition) is 2. The average Bonchev–Trinajstić information content (AvgIpc) is 2.53. The standard InChI is InChI=1S/C22H30O2/c1-14(15-10-8-7-9-11-15)19-22(6)17-12-16(20(17,2)3)13-18(22)23-21(4,5)24-19/h7-11,16-19H,1,12-13H2,2-6H3/t16-,17-,18+,19+,22-/m0/s1. The first kappa shape index (κ1) is 16.4. The molecule has 4 fully saturated rings. The number of hydrogen-bond donors (Lipinski definition) is 0. The normalized spacial score (nSPS) is 41.9. The van der Waals surface area contributed by atoms with Crippen molar-refractivity contribution >= 4 is 5.57 Å². The lowest BCUT2D eigenvalue weighted by Crippen LogP contribution is -2.71. The Bertz CT molecular complexity index is 660. The molecule has 2 nitrogen and oxygen atoms in total. The maximum atomic E-state index is 6.53. The van der Waals surface area contributed by atoms with Crippen LogP contribution in [0.5, 0.6) is 0 Å². The molecule has 1 saturated heterocycles. The van der Waals surface area contributed by atoms with Crippen molar-refractivity contribution in [1.82, 2.24) is 0 Å². The molecule has 4 aliphatic rings. The first-order chi connectivity index (χ1) is 11.2. The molecule has 24 heavy (non-hydrogen) atoms. The molecule has 5 rings (SSSR count). The molecule has 0 N–H and O–H groups in total. The van der Waals surface area contributed by atoms with Crippen molar-refractivity contribution in [3.05, 3.63) is 42.5 Å². The quantitative estimate of drug-likeness (QED) is 0.735. The van der Waals surface area contributed by atoms with E-state index >= 15 is 0 Å². The van der Waals surface area contributed by atoms with Crippen LogP contribution < -0.4 is 0 Å². The summed E-state index contributed by atoms with van der Waals surface area (Å²) in [7, 11) is 0. The van der Waals surface area contributed by atoms with Crippen LogP contribution in [0.15, 0.2) is 36.9 Å². The predicted octanol–water partition coefficient (Wildman–Crippen LogP) is 5.29. The molecule has 0 aromatic heterocycles. The SMILES string of the molecule is C=C(c1ccccc1)[C@H]1OC(C)(C)O[C@@H]2C[C@@H]3C[C@@H](C3(C)C)[C@]12C. The van der Waals surface area contributed by atoms with Gasteiger partial charge < -0.3 is 9.47 Å². The largest absolute Gasteiger partial charge is 0.347 e. The lowest BCUT2D eigenvalue weighted by atomic mass is 9.38. The van der Waals surface area contributed by atoms with E-state index in [0.717, 1.165) is 17.9 Å². The number of benzene rings is 1. The highest BCUT2D eigenvalue weighted by Crippen LogP contribution is 2.70. The van der Waals surface area contributed by atoms with Crippen LogP contribution in [-0.2, 0) is 9.47 Å². The Morgan fingerprint density at radius 2 is 1.67 bits per heavy atom. The summed E-state index contributed by atoms with van der Waals surface area (Å²) in [6.45, 7) is 15.8. The Balaban J connectivity index is 1.76. The van der Waals surface area contributed by atoms with E-state index in [-0.39, 0.29) is 17.6 Å². The summed E-state index contributed by atoms with van der Waals surface area (Å²) in [5, 5.41) is 0. The van der Waals surface area contributed by atoms with Crippen LogP contribution in [-0.4, -0.2) is 18.0 Å². The number of rotatable bonds is 2. The van der Waals surface area contributed by atoms with Crippen LogP contribution >= 0.6 is 0 Å². The molecule has 1 aromatic rings. The third-order valence-electron chi connectivity index (χ3n) is 7.27. The molecule has 0 unspecified atom stereocenters. The predicted molar refractivity (Wildman–Crippen MR) is 97.4 cm³/mol. The van der Waals surface area contributed by atoms with E-state index in [0.29, 0.717) is 11.3 Å². The minimum atomic E-state index is -0.555. The van der Waals surface area contributed by atoms with Crippen LogP contribution in [0.4, 0.5) is 0 Å². The van der Waals surface area contributed by atoms with Crippen LogP contribution in [0, 0.1) is 22.7 Å². The number of ether oxygens (including phenoxy) is 2. The maximum Gasteiger partial charge on any atom is 0.164 e. The van der Waals surface area contributed by atoms with Crippen molar-refractivity contribution in [3.8, 4) is 0 Å². The van der Waals surface area contributed by atoms with Gasteiger partial charge in [0.2, 0.25) is 0 Å². The van der Waals surface area contributed by atoms with Gasteiger partial charge >= 0.3 is 0 Å². The fourth-order valence-corrected chi connectivity index (χ4v) is 5.77. The van der Waals surface area contributed by atoms with Crippen LogP contribution in [0.25, 0.3) is 5.57 Å². The zero-order chi connectivity index (χ0) is 17.3. The van der Waals surface area contributed by atoms with Gasteiger partial charge in [-0.3, -0.25) is 0 Å². The second-order valence-electron chi connectivity index (χ2n) is 9.30. The van der Waals surface area contributed by atoms with Gasteiger partial charge in [0.15, 0.2) is 5.79 Å². The Kier molecular flexibility index (Phi) is 3.38. The van der Waals surface area contributed by atoms with E-state index < -0.39 is 5.79 Å². The van der Waals surface area contributed by atoms with E-state index in [1.807, 2.05) is 13.8 Å². The molecule has 130 valence electrons. The van der Waals surface area contributed by atoms with Gasteiger partial charge in [0.25, 0.3) is 0 Å². The van der Waals surface area contributed by atoms with E-state index in [9.17, 15) is 0 Å². The Labute approximate surface area is 146 Å². The highest BCUT2D eigenvalue weighted by Gasteiger charge is 2.69. The van der Waals surface area contributed by atoms with E-state index in [1.54, 1.807) is 0 Å². The highest BCUT2D eigenvalue weighted by atomic mass is 16.7. The van der Waals surface area contributed by atoms with Crippen molar-refractivity contribution in [3.63, 3.8) is 0 Å². The summed E-state index contributed by atoms with van der Waals surface area (Å²) in [6.07, 6.45) is 2.69. The minimum Gasteiger partial charge on any atom is -0.347 e. The summed E-state index contributed by atoms with van der Waals surface area (Å²) >= 11 is 0. The summed E-state index contributed by atoms with van der Waals surface area (Å²) in [5.41, 5.74) is 2.63. The third kappa shape index (κ3) is 2.09. The van der Waals surface area contributed by atoms with Crippen molar-refractivity contribution in [2.75, 3.05) is 0 Å². The van der Waals surface area contributed by atoms with Crippen molar-refractivity contribution < 1.29 is 9.47 Å². The minimum absolute atomic E-state index is 0.000764. The van der Waals surface area contributed by atoms with E-state index in [4.69, 9.17) is 9.47 Å². The lowest BCUT2D eigenvalue weighted by Gasteiger charge is -2.71. The van der Waals surface area contributed by atoms with Crippen molar-refractivity contribution in [1.29, 1.82) is 0 Å². The molecule has 2 heteroatoms. The summed E-state index contributed by atoms with van der Waals surface area (Å²) in [5.74, 6) is 0.843. The Hall–Kier alpha value is -1.12. The smallest absolute Gasteiger partial charge is 0.164 e. The highest BCUT2D eigenvalue weighted by molar-refractivity contribution is 5.68. The summed E-state index contributed by atoms with van der Waals surface area (Å²) in [6, 6.07) is 10.5. The lowest BCUT2D eigenvalue weighted by molar-refractivity contribution is -0.381. The molecule has 2 bridgehead atoms. The van der Waals surface area contributed by atoms with E-state index in [1.165, 1.54) is 12.0 Å². The van der Waals surface area contributed by atoms with E-state index in [2.05, 4.69) is 57.7 Å². The second-order valence-corrected chi connectivity index (χ2v) is 9.30. The first-order valence-corrected chi connectivity index (χ1v) is 9.26. The molecule has 3 aliphatic carbocycles. The molecule has 5 atom stereocenters. The topological polar surface area (TPSA) is 18.5 Å². The zero-order valence-electron chi connectivity index (χ0n) is 15.6. The molecule has 0 spiro atoms. The van der Waals surface area contributed by atoms with Gasteiger partial charge in [-0.25, -0.2) is 0 Å². The van der Waals surface area contributed by atoms with Gasteiger partial charge in [0.05, 0.1) is 12.2 Å². The van der Waals surface area contributed by atoms with Crippen LogP contribution in [0.1, 0.15) is 53.0 Å². The average molecular weight is 326 g/mol. The van der Waals surface area contributed by atoms with Gasteiger partial charge in [-0.2, -0.15) is 0 Å².